The van der Waals surface area contributed by atoms with E-state index in [0.29, 0.717) is 18.0 Å². The average Bonchev–Trinajstić information content (AvgIpc) is 2.96. The number of nitrogens with one attached hydrogen (secondary N) is 1. The zero-order valence-corrected chi connectivity index (χ0v) is 14.3. The molecule has 3 rings (SSSR count). The largest absolute Gasteiger partial charge is 0.312 e. The number of hydrogen-bond acceptors (Lipinski definition) is 4. The molecule has 0 unspecified atom stereocenters. The molecule has 24 heavy (non-hydrogen) atoms. The molecule has 1 aromatic carbocycles. The number of pyridine rings is 1. The SMILES string of the molecule is O=C1C[C@H](CNS(=O)(=O)c2cccnc2)CN1c1ccc(Cl)cc1. The maximum absolute atomic E-state index is 12.2. The third-order valence-corrected chi connectivity index (χ3v) is 5.51. The van der Waals surface area contributed by atoms with E-state index < -0.39 is 10.0 Å². The van der Waals surface area contributed by atoms with Gasteiger partial charge in [-0.25, -0.2) is 13.1 Å². The van der Waals surface area contributed by atoms with Crippen LogP contribution in [-0.4, -0.2) is 32.4 Å². The van der Waals surface area contributed by atoms with E-state index in [0.717, 1.165) is 5.69 Å². The molecular formula is C16H16ClN3O3S. The summed E-state index contributed by atoms with van der Waals surface area (Å²) in [5.74, 6) is -0.109. The van der Waals surface area contributed by atoms with E-state index in [1.165, 1.54) is 18.5 Å². The lowest BCUT2D eigenvalue weighted by atomic mass is 10.1. The average molecular weight is 366 g/mol. The van der Waals surface area contributed by atoms with Crippen molar-refractivity contribution in [2.75, 3.05) is 18.0 Å². The molecule has 1 aromatic heterocycles. The minimum absolute atomic E-state index is 0.0251. The lowest BCUT2D eigenvalue weighted by Crippen LogP contribution is -2.31. The topological polar surface area (TPSA) is 79.4 Å². The Morgan fingerprint density at radius 2 is 2.00 bits per heavy atom. The minimum atomic E-state index is -3.61. The number of nitrogens with zero attached hydrogens (tertiary/aromatic N) is 2. The fourth-order valence-corrected chi connectivity index (χ4v) is 3.81. The van der Waals surface area contributed by atoms with Gasteiger partial charge in [-0.1, -0.05) is 11.6 Å². The molecule has 0 aliphatic carbocycles. The Balaban J connectivity index is 1.63. The van der Waals surface area contributed by atoms with Crippen molar-refractivity contribution in [1.82, 2.24) is 9.71 Å². The number of benzene rings is 1. The molecule has 1 aliphatic rings. The number of anilines is 1. The molecule has 8 heteroatoms. The van der Waals surface area contributed by atoms with Crippen molar-refractivity contribution in [3.63, 3.8) is 0 Å². The predicted molar refractivity (Wildman–Crippen MR) is 91.3 cm³/mol. The van der Waals surface area contributed by atoms with E-state index in [1.807, 2.05) is 0 Å². The molecule has 1 atom stereocenters. The lowest BCUT2D eigenvalue weighted by molar-refractivity contribution is -0.117. The van der Waals surface area contributed by atoms with Gasteiger partial charge in [0, 0.05) is 42.6 Å². The molecule has 1 amide bonds. The van der Waals surface area contributed by atoms with Crippen LogP contribution in [0.25, 0.3) is 0 Å². The summed E-state index contributed by atoms with van der Waals surface area (Å²) in [4.78, 5) is 17.7. The summed E-state index contributed by atoms with van der Waals surface area (Å²) in [5, 5.41) is 0.603. The number of hydrogen-bond donors (Lipinski definition) is 1. The monoisotopic (exact) mass is 365 g/mol. The van der Waals surface area contributed by atoms with Crippen LogP contribution in [-0.2, 0) is 14.8 Å². The summed E-state index contributed by atoms with van der Waals surface area (Å²) < 4.78 is 26.9. The zero-order valence-electron chi connectivity index (χ0n) is 12.7. The number of carbonyl (C=O) groups is 1. The Bertz CT molecular complexity index is 825. The first-order chi connectivity index (χ1) is 11.5. The zero-order chi connectivity index (χ0) is 17.2. The molecule has 0 saturated carbocycles. The van der Waals surface area contributed by atoms with Crippen molar-refractivity contribution >= 4 is 33.2 Å². The molecular weight excluding hydrogens is 350 g/mol. The van der Waals surface area contributed by atoms with Gasteiger partial charge in [0.25, 0.3) is 0 Å². The highest BCUT2D eigenvalue weighted by molar-refractivity contribution is 7.89. The fraction of sp³-hybridized carbons (Fsp3) is 0.250. The van der Waals surface area contributed by atoms with E-state index in [2.05, 4.69) is 9.71 Å². The highest BCUT2D eigenvalue weighted by Crippen LogP contribution is 2.26. The Morgan fingerprint density at radius 1 is 1.25 bits per heavy atom. The molecule has 2 heterocycles. The number of carbonyl (C=O) groups excluding carboxylic acids is 1. The van der Waals surface area contributed by atoms with Crippen LogP contribution < -0.4 is 9.62 Å². The Hall–Kier alpha value is -1.96. The normalized spacial score (nSPS) is 18.1. The van der Waals surface area contributed by atoms with Crippen LogP contribution in [0.2, 0.25) is 5.02 Å². The summed E-state index contributed by atoms with van der Waals surface area (Å²) in [7, 11) is -3.61. The number of aromatic nitrogens is 1. The van der Waals surface area contributed by atoms with E-state index in [9.17, 15) is 13.2 Å². The maximum atomic E-state index is 12.2. The summed E-state index contributed by atoms with van der Waals surface area (Å²) >= 11 is 5.86. The van der Waals surface area contributed by atoms with Gasteiger partial charge in [-0.15, -0.1) is 0 Å². The Morgan fingerprint density at radius 3 is 2.67 bits per heavy atom. The van der Waals surface area contributed by atoms with Crippen LogP contribution in [0.3, 0.4) is 0 Å². The molecule has 6 nitrogen and oxygen atoms in total. The van der Waals surface area contributed by atoms with Gasteiger partial charge in [0.15, 0.2) is 0 Å². The van der Waals surface area contributed by atoms with Gasteiger partial charge in [-0.3, -0.25) is 9.78 Å². The highest BCUT2D eigenvalue weighted by Gasteiger charge is 2.31. The van der Waals surface area contributed by atoms with Crippen LogP contribution in [0.4, 0.5) is 5.69 Å². The highest BCUT2D eigenvalue weighted by atomic mass is 35.5. The molecule has 1 N–H and O–H groups in total. The van der Waals surface area contributed by atoms with Crippen molar-refractivity contribution < 1.29 is 13.2 Å². The second-order valence-corrected chi connectivity index (χ2v) is 7.79. The van der Waals surface area contributed by atoms with Gasteiger partial charge in [0.2, 0.25) is 15.9 Å². The standard InChI is InChI=1S/C16H16ClN3O3S/c17-13-3-5-14(6-4-13)20-11-12(8-16(20)21)9-19-24(22,23)15-2-1-7-18-10-15/h1-7,10,12,19H,8-9,11H2/t12-/m1/s1. The molecule has 0 radical (unpaired) electrons. The fourth-order valence-electron chi connectivity index (χ4n) is 2.61. The van der Waals surface area contributed by atoms with Gasteiger partial charge in [0.1, 0.15) is 4.90 Å². The van der Waals surface area contributed by atoms with Gasteiger partial charge in [-0.05, 0) is 42.3 Å². The van der Waals surface area contributed by atoms with Crippen LogP contribution in [0, 0.1) is 5.92 Å². The first kappa shape index (κ1) is 16.9. The molecule has 0 bridgehead atoms. The van der Waals surface area contributed by atoms with E-state index in [4.69, 9.17) is 11.6 Å². The molecule has 1 aliphatic heterocycles. The first-order valence-electron chi connectivity index (χ1n) is 7.41. The van der Waals surface area contributed by atoms with Crippen LogP contribution in [0.5, 0.6) is 0 Å². The molecule has 1 saturated heterocycles. The number of halogens is 1. The number of rotatable bonds is 5. The van der Waals surface area contributed by atoms with Crippen LogP contribution in [0.1, 0.15) is 6.42 Å². The third-order valence-electron chi connectivity index (χ3n) is 3.85. The predicted octanol–water partition coefficient (Wildman–Crippen LogP) is 2.07. The number of sulfonamides is 1. The second kappa shape index (κ2) is 6.88. The lowest BCUT2D eigenvalue weighted by Gasteiger charge is -2.17. The minimum Gasteiger partial charge on any atom is -0.312 e. The van der Waals surface area contributed by atoms with Crippen molar-refractivity contribution in [2.24, 2.45) is 5.92 Å². The summed E-state index contributed by atoms with van der Waals surface area (Å²) in [6.45, 7) is 0.670. The molecule has 0 spiro atoms. The molecule has 2 aromatic rings. The summed E-state index contributed by atoms with van der Waals surface area (Å²) in [6, 6.07) is 10.1. The Kier molecular flexibility index (Phi) is 4.84. The summed E-state index contributed by atoms with van der Waals surface area (Å²) in [5.41, 5.74) is 0.766. The van der Waals surface area contributed by atoms with E-state index >= 15 is 0 Å². The molecule has 1 fully saturated rings. The first-order valence-corrected chi connectivity index (χ1v) is 9.27. The summed E-state index contributed by atoms with van der Waals surface area (Å²) in [6.07, 6.45) is 3.11. The Labute approximate surface area is 145 Å². The van der Waals surface area contributed by atoms with E-state index in [-0.39, 0.29) is 23.3 Å². The van der Waals surface area contributed by atoms with Crippen LogP contribution >= 0.6 is 11.6 Å². The van der Waals surface area contributed by atoms with Gasteiger partial charge < -0.3 is 4.90 Å². The van der Waals surface area contributed by atoms with E-state index in [1.54, 1.807) is 35.2 Å². The quantitative estimate of drug-likeness (QED) is 0.879. The third kappa shape index (κ3) is 3.75. The van der Waals surface area contributed by atoms with Crippen molar-refractivity contribution in [1.29, 1.82) is 0 Å². The molecule has 126 valence electrons. The van der Waals surface area contributed by atoms with Crippen molar-refractivity contribution in [3.8, 4) is 0 Å². The number of amides is 1. The van der Waals surface area contributed by atoms with Gasteiger partial charge in [0.05, 0.1) is 0 Å². The van der Waals surface area contributed by atoms with Crippen LogP contribution in [0.15, 0.2) is 53.7 Å². The second-order valence-electron chi connectivity index (χ2n) is 5.59. The smallest absolute Gasteiger partial charge is 0.242 e. The van der Waals surface area contributed by atoms with Gasteiger partial charge in [-0.2, -0.15) is 0 Å². The van der Waals surface area contributed by atoms with Gasteiger partial charge >= 0.3 is 0 Å². The van der Waals surface area contributed by atoms with Crippen molar-refractivity contribution in [2.45, 2.75) is 11.3 Å². The maximum Gasteiger partial charge on any atom is 0.242 e. The van der Waals surface area contributed by atoms with Crippen molar-refractivity contribution in [3.05, 3.63) is 53.8 Å².